The molecule has 1 saturated heterocycles. The molecule has 0 spiro atoms. The minimum atomic E-state index is 0. The first-order chi connectivity index (χ1) is 11.2. The fourth-order valence-corrected chi connectivity index (χ4v) is 2.83. The largest absolute Gasteiger partial charge is 0.493 e. The molecule has 2 rings (SSSR count). The van der Waals surface area contributed by atoms with Gasteiger partial charge in [-0.05, 0) is 37.6 Å². The Bertz CT molecular complexity index is 545. The summed E-state index contributed by atoms with van der Waals surface area (Å²) in [7, 11) is 1.58. The van der Waals surface area contributed by atoms with Crippen molar-refractivity contribution in [3.8, 4) is 11.5 Å². The van der Waals surface area contributed by atoms with E-state index in [2.05, 4.69) is 18.8 Å². The van der Waals surface area contributed by atoms with Crippen molar-refractivity contribution in [2.24, 2.45) is 0 Å². The summed E-state index contributed by atoms with van der Waals surface area (Å²) in [6.45, 7) is 8.73. The van der Waals surface area contributed by atoms with Gasteiger partial charge in [-0.3, -0.25) is 4.79 Å². The zero-order valence-corrected chi connectivity index (χ0v) is 15.2. The Morgan fingerprint density at radius 1 is 1.46 bits per heavy atom. The maximum atomic E-state index is 12.9. The fraction of sp³-hybridized carbons (Fsp3) is 0.500. The predicted octanol–water partition coefficient (Wildman–Crippen LogP) is 2.90. The first-order valence-electron chi connectivity index (χ1n) is 8.14. The minimum absolute atomic E-state index is 0. The van der Waals surface area contributed by atoms with Crippen LogP contribution in [0.3, 0.4) is 0 Å². The van der Waals surface area contributed by atoms with E-state index in [1.807, 2.05) is 4.90 Å². The number of amides is 1. The van der Waals surface area contributed by atoms with Gasteiger partial charge in [-0.1, -0.05) is 19.6 Å². The van der Waals surface area contributed by atoms with E-state index < -0.39 is 0 Å². The lowest BCUT2D eigenvalue weighted by Crippen LogP contribution is -2.42. The quantitative estimate of drug-likeness (QED) is 0.729. The van der Waals surface area contributed by atoms with Crippen LogP contribution in [-0.2, 0) is 0 Å². The molecule has 1 unspecified atom stereocenters. The molecule has 6 heteroatoms. The van der Waals surface area contributed by atoms with E-state index in [9.17, 15) is 4.79 Å². The Kier molecular flexibility index (Phi) is 8.65. The van der Waals surface area contributed by atoms with Crippen molar-refractivity contribution >= 4 is 18.3 Å². The van der Waals surface area contributed by atoms with Gasteiger partial charge in [0.15, 0.2) is 11.5 Å². The summed E-state index contributed by atoms with van der Waals surface area (Å²) < 4.78 is 10.9. The maximum Gasteiger partial charge on any atom is 0.254 e. The van der Waals surface area contributed by atoms with Crippen molar-refractivity contribution in [2.75, 3.05) is 33.4 Å². The average molecular weight is 355 g/mol. The summed E-state index contributed by atoms with van der Waals surface area (Å²) >= 11 is 0. The van der Waals surface area contributed by atoms with Crippen LogP contribution in [0.25, 0.3) is 0 Å². The molecule has 0 aliphatic carbocycles. The standard InChI is InChI=1S/C18H26N2O3.ClH/c1-4-10-20(15-8-9-19-13-15)18(21)14-6-7-16(23-11-5-2)17(12-14)22-3;/h5-7,12,15,19H,2,4,8-11,13H2,1,3H3;1H. The molecule has 1 heterocycles. The number of hydrogen-bond acceptors (Lipinski definition) is 4. The van der Waals surface area contributed by atoms with Crippen molar-refractivity contribution in [3.05, 3.63) is 36.4 Å². The van der Waals surface area contributed by atoms with Gasteiger partial charge in [0, 0.05) is 24.7 Å². The molecule has 1 aromatic rings. The van der Waals surface area contributed by atoms with Crippen molar-refractivity contribution in [3.63, 3.8) is 0 Å². The van der Waals surface area contributed by atoms with E-state index in [0.29, 0.717) is 23.7 Å². The summed E-state index contributed by atoms with van der Waals surface area (Å²) in [6, 6.07) is 5.61. The highest BCUT2D eigenvalue weighted by Gasteiger charge is 2.27. The molecule has 1 aromatic carbocycles. The summed E-state index contributed by atoms with van der Waals surface area (Å²) in [5.74, 6) is 1.24. The van der Waals surface area contributed by atoms with Crippen LogP contribution in [0.5, 0.6) is 11.5 Å². The van der Waals surface area contributed by atoms with E-state index in [0.717, 1.165) is 32.5 Å². The molecule has 1 fully saturated rings. The van der Waals surface area contributed by atoms with Gasteiger partial charge >= 0.3 is 0 Å². The molecule has 0 radical (unpaired) electrons. The van der Waals surface area contributed by atoms with Crippen molar-refractivity contribution in [1.29, 1.82) is 0 Å². The maximum absolute atomic E-state index is 12.9. The highest BCUT2D eigenvalue weighted by Crippen LogP contribution is 2.29. The molecular formula is C18H27ClN2O3. The van der Waals surface area contributed by atoms with Gasteiger partial charge in [-0.15, -0.1) is 12.4 Å². The smallest absolute Gasteiger partial charge is 0.254 e. The van der Waals surface area contributed by atoms with Crippen LogP contribution in [0.4, 0.5) is 0 Å². The first kappa shape index (κ1) is 20.3. The minimum Gasteiger partial charge on any atom is -0.493 e. The number of rotatable bonds is 8. The summed E-state index contributed by atoms with van der Waals surface area (Å²) in [5.41, 5.74) is 0.633. The predicted molar refractivity (Wildman–Crippen MR) is 98.5 cm³/mol. The normalized spacial score (nSPS) is 16.2. The van der Waals surface area contributed by atoms with Crippen molar-refractivity contribution in [2.45, 2.75) is 25.8 Å². The molecule has 134 valence electrons. The van der Waals surface area contributed by atoms with E-state index in [1.54, 1.807) is 31.4 Å². The number of nitrogens with one attached hydrogen (secondary N) is 1. The summed E-state index contributed by atoms with van der Waals surface area (Å²) in [6.07, 6.45) is 3.62. The van der Waals surface area contributed by atoms with Gasteiger partial charge in [0.05, 0.1) is 7.11 Å². The van der Waals surface area contributed by atoms with Crippen LogP contribution in [0.1, 0.15) is 30.1 Å². The van der Waals surface area contributed by atoms with Crippen LogP contribution in [0.15, 0.2) is 30.9 Å². The second kappa shape index (κ2) is 10.2. The van der Waals surface area contributed by atoms with E-state index in [-0.39, 0.29) is 24.4 Å². The molecule has 1 atom stereocenters. The molecule has 5 nitrogen and oxygen atoms in total. The van der Waals surface area contributed by atoms with Crippen LogP contribution < -0.4 is 14.8 Å². The second-order valence-electron chi connectivity index (χ2n) is 5.61. The summed E-state index contributed by atoms with van der Waals surface area (Å²) in [4.78, 5) is 14.9. The van der Waals surface area contributed by atoms with Gasteiger partial charge in [0.2, 0.25) is 0 Å². The third-order valence-corrected chi connectivity index (χ3v) is 3.97. The number of carbonyl (C=O) groups is 1. The van der Waals surface area contributed by atoms with Gasteiger partial charge in [0.25, 0.3) is 5.91 Å². The number of hydrogen-bond donors (Lipinski definition) is 1. The highest BCUT2D eigenvalue weighted by atomic mass is 35.5. The summed E-state index contributed by atoms with van der Waals surface area (Å²) in [5, 5.41) is 3.32. The molecular weight excluding hydrogens is 328 g/mol. The Labute approximate surface area is 150 Å². The van der Waals surface area contributed by atoms with Gasteiger partial charge < -0.3 is 19.7 Å². The topological polar surface area (TPSA) is 50.8 Å². The lowest BCUT2D eigenvalue weighted by molar-refractivity contribution is 0.0692. The fourth-order valence-electron chi connectivity index (χ4n) is 2.83. The second-order valence-corrected chi connectivity index (χ2v) is 5.61. The molecule has 1 amide bonds. The molecule has 0 saturated carbocycles. The number of ether oxygens (including phenoxy) is 2. The van der Waals surface area contributed by atoms with Crippen molar-refractivity contribution in [1.82, 2.24) is 10.2 Å². The van der Waals surface area contributed by atoms with E-state index >= 15 is 0 Å². The average Bonchev–Trinajstić information content (AvgIpc) is 3.11. The third kappa shape index (κ3) is 4.89. The van der Waals surface area contributed by atoms with Crippen LogP contribution in [0, 0.1) is 0 Å². The number of benzene rings is 1. The van der Waals surface area contributed by atoms with Crippen LogP contribution in [-0.4, -0.2) is 50.2 Å². The van der Waals surface area contributed by atoms with Crippen LogP contribution in [0.2, 0.25) is 0 Å². The highest BCUT2D eigenvalue weighted by molar-refractivity contribution is 5.95. The third-order valence-electron chi connectivity index (χ3n) is 3.97. The first-order valence-corrected chi connectivity index (χ1v) is 8.14. The Morgan fingerprint density at radius 2 is 2.25 bits per heavy atom. The Morgan fingerprint density at radius 3 is 2.83 bits per heavy atom. The monoisotopic (exact) mass is 354 g/mol. The van der Waals surface area contributed by atoms with E-state index in [4.69, 9.17) is 9.47 Å². The van der Waals surface area contributed by atoms with Crippen molar-refractivity contribution < 1.29 is 14.3 Å². The van der Waals surface area contributed by atoms with Gasteiger partial charge in [-0.25, -0.2) is 0 Å². The number of halogens is 1. The molecule has 0 aromatic heterocycles. The lowest BCUT2D eigenvalue weighted by Gasteiger charge is -2.28. The van der Waals surface area contributed by atoms with Crippen LogP contribution >= 0.6 is 12.4 Å². The lowest BCUT2D eigenvalue weighted by atomic mass is 10.1. The molecule has 24 heavy (non-hydrogen) atoms. The van der Waals surface area contributed by atoms with Gasteiger partial charge in [-0.2, -0.15) is 0 Å². The molecule has 1 aliphatic heterocycles. The molecule has 1 N–H and O–H groups in total. The Balaban J connectivity index is 0.00000288. The SMILES string of the molecule is C=CCOc1ccc(C(=O)N(CCC)C2CCNC2)cc1OC.Cl. The number of nitrogens with zero attached hydrogens (tertiary/aromatic N) is 1. The van der Waals surface area contributed by atoms with Gasteiger partial charge in [0.1, 0.15) is 6.61 Å². The molecule has 1 aliphatic rings. The number of carbonyl (C=O) groups excluding carboxylic acids is 1. The zero-order chi connectivity index (χ0) is 16.7. The zero-order valence-electron chi connectivity index (χ0n) is 14.4. The number of methoxy groups -OCH3 is 1. The Hall–Kier alpha value is -1.72. The van der Waals surface area contributed by atoms with E-state index in [1.165, 1.54) is 0 Å². The molecule has 0 bridgehead atoms.